The number of benzene rings is 3. The van der Waals surface area contributed by atoms with Gasteiger partial charge in [-0.15, -0.1) is 0 Å². The molecular formula is C24H22Cl2N2O3S. The summed E-state index contributed by atoms with van der Waals surface area (Å²) < 4.78 is 27.9. The Labute approximate surface area is 198 Å². The van der Waals surface area contributed by atoms with E-state index in [0.29, 0.717) is 28.7 Å². The summed E-state index contributed by atoms with van der Waals surface area (Å²) in [5.74, 6) is -0.176. The maximum atomic E-state index is 13.2. The zero-order valence-corrected chi connectivity index (χ0v) is 19.6. The molecule has 1 amide bonds. The van der Waals surface area contributed by atoms with Gasteiger partial charge in [-0.3, -0.25) is 9.10 Å². The molecule has 1 heterocycles. The summed E-state index contributed by atoms with van der Waals surface area (Å²) in [4.78, 5) is 12.5. The number of sulfonamides is 1. The second kappa shape index (κ2) is 9.53. The maximum absolute atomic E-state index is 13.2. The van der Waals surface area contributed by atoms with Crippen LogP contribution in [0.25, 0.3) is 0 Å². The lowest BCUT2D eigenvalue weighted by Crippen LogP contribution is -2.35. The minimum atomic E-state index is -3.64. The molecule has 0 aliphatic carbocycles. The van der Waals surface area contributed by atoms with Crippen molar-refractivity contribution >= 4 is 50.5 Å². The van der Waals surface area contributed by atoms with Gasteiger partial charge in [-0.25, -0.2) is 8.42 Å². The van der Waals surface area contributed by atoms with Crippen molar-refractivity contribution in [3.8, 4) is 0 Å². The van der Waals surface area contributed by atoms with Gasteiger partial charge in [-0.2, -0.15) is 0 Å². The van der Waals surface area contributed by atoms with E-state index in [1.165, 1.54) is 4.31 Å². The first-order valence-corrected chi connectivity index (χ1v) is 12.5. The Morgan fingerprint density at radius 3 is 2.38 bits per heavy atom. The molecule has 3 aromatic carbocycles. The fourth-order valence-corrected chi connectivity index (χ4v) is 5.88. The number of hydrogen-bond donors (Lipinski definition) is 1. The number of aryl methyl sites for hydroxylation is 2. The van der Waals surface area contributed by atoms with Gasteiger partial charge in [0.1, 0.15) is 0 Å². The first-order valence-electron chi connectivity index (χ1n) is 10.3. The highest BCUT2D eigenvalue weighted by molar-refractivity contribution is 7.92. The van der Waals surface area contributed by atoms with Crippen molar-refractivity contribution in [2.45, 2.75) is 30.6 Å². The Morgan fingerprint density at radius 2 is 1.66 bits per heavy atom. The zero-order valence-electron chi connectivity index (χ0n) is 17.2. The Bertz CT molecular complexity index is 1220. The van der Waals surface area contributed by atoms with E-state index in [0.717, 1.165) is 29.7 Å². The number of carbonyl (C=O) groups excluding carboxylic acids is 1. The molecule has 0 saturated carbocycles. The summed E-state index contributed by atoms with van der Waals surface area (Å²) in [6.07, 6.45) is 2.40. The molecule has 4 rings (SSSR count). The van der Waals surface area contributed by atoms with Crippen molar-refractivity contribution in [3.05, 3.63) is 87.9 Å². The third kappa shape index (κ3) is 5.09. The largest absolute Gasteiger partial charge is 0.326 e. The van der Waals surface area contributed by atoms with Crippen molar-refractivity contribution in [2.75, 3.05) is 16.2 Å². The Kier molecular flexibility index (Phi) is 6.74. The fourth-order valence-electron chi connectivity index (χ4n) is 3.81. The van der Waals surface area contributed by atoms with Crippen molar-refractivity contribution in [1.82, 2.24) is 0 Å². The molecular weight excluding hydrogens is 467 g/mol. The van der Waals surface area contributed by atoms with E-state index in [1.807, 2.05) is 24.3 Å². The molecule has 0 saturated heterocycles. The van der Waals surface area contributed by atoms with Crippen LogP contribution in [0.1, 0.15) is 24.0 Å². The number of para-hydroxylation sites is 1. The van der Waals surface area contributed by atoms with Crippen LogP contribution in [0.4, 0.5) is 11.4 Å². The van der Waals surface area contributed by atoms with E-state index in [-0.39, 0.29) is 17.2 Å². The second-order valence-corrected chi connectivity index (χ2v) is 10.4. The Balaban J connectivity index is 1.41. The second-order valence-electron chi connectivity index (χ2n) is 7.66. The van der Waals surface area contributed by atoms with Crippen LogP contribution in [-0.4, -0.2) is 20.9 Å². The van der Waals surface area contributed by atoms with Crippen LogP contribution in [0.5, 0.6) is 0 Å². The van der Waals surface area contributed by atoms with Crippen LogP contribution < -0.4 is 9.62 Å². The van der Waals surface area contributed by atoms with E-state index in [4.69, 9.17) is 23.2 Å². The first kappa shape index (κ1) is 22.6. The smallest absolute Gasteiger partial charge is 0.264 e. The number of rotatable bonds is 6. The average molecular weight is 489 g/mol. The zero-order chi connectivity index (χ0) is 22.7. The quantitative estimate of drug-likeness (QED) is 0.483. The highest BCUT2D eigenvalue weighted by Crippen LogP contribution is 2.32. The monoisotopic (exact) mass is 488 g/mol. The number of amides is 1. The van der Waals surface area contributed by atoms with E-state index < -0.39 is 10.0 Å². The van der Waals surface area contributed by atoms with Crippen LogP contribution in [0.3, 0.4) is 0 Å². The van der Waals surface area contributed by atoms with Gasteiger partial charge in [0.25, 0.3) is 10.0 Å². The first-order chi connectivity index (χ1) is 15.3. The van der Waals surface area contributed by atoms with E-state index in [1.54, 1.807) is 42.5 Å². The molecule has 3 aromatic rings. The topological polar surface area (TPSA) is 66.5 Å². The fraction of sp³-hybridized carbons (Fsp3) is 0.208. The SMILES string of the molecule is O=C(CCc1ccc(S(=O)(=O)N2CCCc3ccccc32)cc1)Nc1cc(Cl)cc(Cl)c1. The van der Waals surface area contributed by atoms with Crippen LogP contribution in [-0.2, 0) is 27.7 Å². The molecule has 0 unspecified atom stereocenters. The molecule has 0 atom stereocenters. The van der Waals surface area contributed by atoms with Crippen LogP contribution >= 0.6 is 23.2 Å². The standard InChI is InChI=1S/C24H22Cl2N2O3S/c25-19-14-20(26)16-21(15-19)27-24(29)12-9-17-7-10-22(11-8-17)32(30,31)28-13-3-5-18-4-1-2-6-23(18)28/h1-2,4,6-8,10-11,14-16H,3,5,9,12-13H2,(H,27,29). The normalized spacial score (nSPS) is 13.5. The molecule has 0 bridgehead atoms. The third-order valence-electron chi connectivity index (χ3n) is 5.37. The van der Waals surface area contributed by atoms with Gasteiger partial charge in [0.05, 0.1) is 10.6 Å². The molecule has 1 aliphatic rings. The van der Waals surface area contributed by atoms with E-state index in [9.17, 15) is 13.2 Å². The highest BCUT2D eigenvalue weighted by atomic mass is 35.5. The number of anilines is 2. The van der Waals surface area contributed by atoms with Crippen molar-refractivity contribution in [2.24, 2.45) is 0 Å². The minimum Gasteiger partial charge on any atom is -0.326 e. The molecule has 0 radical (unpaired) electrons. The molecule has 0 spiro atoms. The highest BCUT2D eigenvalue weighted by Gasteiger charge is 2.28. The maximum Gasteiger partial charge on any atom is 0.264 e. The summed E-state index contributed by atoms with van der Waals surface area (Å²) in [5.41, 5.74) is 3.21. The van der Waals surface area contributed by atoms with Gasteiger partial charge >= 0.3 is 0 Å². The Morgan fingerprint density at radius 1 is 0.969 bits per heavy atom. The predicted molar refractivity (Wildman–Crippen MR) is 129 cm³/mol. The van der Waals surface area contributed by atoms with Crippen LogP contribution in [0, 0.1) is 0 Å². The summed E-state index contributed by atoms with van der Waals surface area (Å²) in [6.45, 7) is 0.467. The molecule has 0 fully saturated rings. The summed E-state index contributed by atoms with van der Waals surface area (Å²) in [6, 6.07) is 19.2. The molecule has 1 aliphatic heterocycles. The van der Waals surface area contributed by atoms with Gasteiger partial charge in [0.15, 0.2) is 0 Å². The summed E-state index contributed by atoms with van der Waals surface area (Å²) in [5, 5.41) is 3.66. The molecule has 0 aromatic heterocycles. The molecule has 8 heteroatoms. The van der Waals surface area contributed by atoms with E-state index >= 15 is 0 Å². The van der Waals surface area contributed by atoms with Gasteiger partial charge < -0.3 is 5.32 Å². The number of carbonyl (C=O) groups is 1. The van der Waals surface area contributed by atoms with Gasteiger partial charge in [-0.05, 0) is 66.8 Å². The lowest BCUT2D eigenvalue weighted by molar-refractivity contribution is -0.116. The average Bonchev–Trinajstić information content (AvgIpc) is 2.77. The number of hydrogen-bond acceptors (Lipinski definition) is 3. The van der Waals surface area contributed by atoms with Gasteiger partial charge in [0, 0.05) is 28.7 Å². The number of nitrogens with one attached hydrogen (secondary N) is 1. The summed E-state index contributed by atoms with van der Waals surface area (Å²) >= 11 is 11.9. The number of fused-ring (bicyclic) bond motifs is 1. The molecule has 1 N–H and O–H groups in total. The lowest BCUT2D eigenvalue weighted by Gasteiger charge is -2.30. The minimum absolute atomic E-state index is 0.176. The van der Waals surface area contributed by atoms with Crippen molar-refractivity contribution < 1.29 is 13.2 Å². The third-order valence-corrected chi connectivity index (χ3v) is 7.63. The van der Waals surface area contributed by atoms with Crippen molar-refractivity contribution in [3.63, 3.8) is 0 Å². The molecule has 32 heavy (non-hydrogen) atoms. The lowest BCUT2D eigenvalue weighted by atomic mass is 10.0. The van der Waals surface area contributed by atoms with Gasteiger partial charge in [0.2, 0.25) is 5.91 Å². The Hall–Kier alpha value is -2.54. The van der Waals surface area contributed by atoms with Gasteiger partial charge in [-0.1, -0.05) is 53.5 Å². The van der Waals surface area contributed by atoms with Crippen LogP contribution in [0.15, 0.2) is 71.6 Å². The van der Waals surface area contributed by atoms with Crippen molar-refractivity contribution in [1.29, 1.82) is 0 Å². The van der Waals surface area contributed by atoms with E-state index in [2.05, 4.69) is 5.32 Å². The number of halogens is 2. The predicted octanol–water partition coefficient (Wildman–Crippen LogP) is 5.71. The van der Waals surface area contributed by atoms with Crippen LogP contribution in [0.2, 0.25) is 10.0 Å². The number of nitrogens with zero attached hydrogens (tertiary/aromatic N) is 1. The molecule has 166 valence electrons. The summed E-state index contributed by atoms with van der Waals surface area (Å²) in [7, 11) is -3.64. The molecule has 5 nitrogen and oxygen atoms in total.